The molecular weight excluding hydrogens is 427 g/mol. The first kappa shape index (κ1) is 22.9. The van der Waals surface area contributed by atoms with Gasteiger partial charge in [-0.15, -0.1) is 5.10 Å². The Morgan fingerprint density at radius 2 is 1.85 bits per heavy atom. The van der Waals surface area contributed by atoms with Crippen LogP contribution >= 0.6 is 0 Å². The molecule has 0 spiro atoms. The molecule has 0 atom stereocenters. The monoisotopic (exact) mass is 450 g/mol. The minimum atomic E-state index is -0.524. The van der Waals surface area contributed by atoms with Crippen molar-refractivity contribution in [3.63, 3.8) is 0 Å². The second-order valence-electron chi connectivity index (χ2n) is 7.64. The van der Waals surface area contributed by atoms with E-state index in [0.29, 0.717) is 18.1 Å². The van der Waals surface area contributed by atoms with Crippen molar-refractivity contribution in [2.45, 2.75) is 26.3 Å². The molecule has 5 rings (SSSR count). The van der Waals surface area contributed by atoms with Gasteiger partial charge in [0.2, 0.25) is 0 Å². The maximum absolute atomic E-state index is 11.9. The van der Waals surface area contributed by atoms with Crippen molar-refractivity contribution in [3.8, 4) is 22.5 Å². The fourth-order valence-electron chi connectivity index (χ4n) is 4.08. The van der Waals surface area contributed by atoms with E-state index >= 15 is 0 Å². The molecule has 0 aliphatic heterocycles. The van der Waals surface area contributed by atoms with Gasteiger partial charge in [0, 0.05) is 24.0 Å². The number of imidazole rings is 2. The molecule has 0 aliphatic rings. The van der Waals surface area contributed by atoms with E-state index in [1.165, 1.54) is 0 Å². The third-order valence-corrected chi connectivity index (χ3v) is 5.53. The van der Waals surface area contributed by atoms with Gasteiger partial charge >= 0.3 is 29.6 Å². The summed E-state index contributed by atoms with van der Waals surface area (Å²) in [4.78, 5) is 16.1. The molecule has 3 N–H and O–H groups in total. The van der Waals surface area contributed by atoms with Crippen molar-refractivity contribution in [2.24, 2.45) is 5.73 Å². The van der Waals surface area contributed by atoms with Gasteiger partial charge in [0.25, 0.3) is 5.91 Å². The van der Waals surface area contributed by atoms with Gasteiger partial charge in [0.05, 0.1) is 0 Å². The quantitative estimate of drug-likeness (QED) is 0.369. The number of benzene rings is 2. The van der Waals surface area contributed by atoms with Crippen LogP contribution in [-0.4, -0.2) is 70.0 Å². The average Bonchev–Trinajstić information content (AvgIpc) is 3.53. The van der Waals surface area contributed by atoms with Crippen molar-refractivity contribution in [3.05, 3.63) is 78.0 Å². The molecule has 10 heteroatoms. The number of nitrogens with zero attached hydrogens (tertiary/aromatic N) is 6. The summed E-state index contributed by atoms with van der Waals surface area (Å²) in [6.45, 7) is 2.75. The van der Waals surface area contributed by atoms with Crippen LogP contribution in [0.15, 0.2) is 61.1 Å². The summed E-state index contributed by atoms with van der Waals surface area (Å²) < 4.78 is 4.00. The average molecular weight is 450 g/mol. The summed E-state index contributed by atoms with van der Waals surface area (Å²) >= 11 is 0. The van der Waals surface area contributed by atoms with Crippen LogP contribution in [0.2, 0.25) is 0 Å². The van der Waals surface area contributed by atoms with E-state index in [1.807, 2.05) is 34.9 Å². The molecule has 0 aliphatic carbocycles. The minimum absolute atomic E-state index is 0. The molecule has 0 radical (unpaired) electrons. The second-order valence-corrected chi connectivity index (χ2v) is 7.64. The molecule has 33 heavy (non-hydrogen) atoms. The van der Waals surface area contributed by atoms with Gasteiger partial charge in [-0.1, -0.05) is 61.9 Å². The topological polar surface area (TPSA) is 120 Å². The number of tetrazole rings is 1. The zero-order valence-corrected chi connectivity index (χ0v) is 17.6. The van der Waals surface area contributed by atoms with E-state index in [1.54, 1.807) is 6.33 Å². The molecule has 3 heterocycles. The number of hydrogen-bond acceptors (Lipinski definition) is 5. The fraction of sp³-hybridized carbons (Fsp3) is 0.174. The number of nitrogens with one attached hydrogen (secondary N) is 1. The van der Waals surface area contributed by atoms with Crippen molar-refractivity contribution in [1.29, 1.82) is 0 Å². The number of aromatic nitrogens is 7. The Labute approximate surface area is 212 Å². The van der Waals surface area contributed by atoms with Crippen molar-refractivity contribution in [2.75, 3.05) is 0 Å². The number of aromatic amines is 1. The molecule has 0 saturated carbocycles. The molecule has 0 fully saturated rings. The van der Waals surface area contributed by atoms with Gasteiger partial charge in [-0.25, -0.2) is 10.1 Å². The first-order valence-electron chi connectivity index (χ1n) is 10.4. The first-order valence-corrected chi connectivity index (χ1v) is 10.4. The molecule has 9 nitrogen and oxygen atoms in total. The Morgan fingerprint density at radius 3 is 2.52 bits per heavy atom. The number of nitrogens with two attached hydrogens (primary N) is 1. The molecular formula is C23H23N8NaO. The number of fused-ring (bicyclic) bond motifs is 1. The number of carbonyl (C=O) groups excluding carboxylic acids is 1. The molecule has 0 saturated heterocycles. The molecule has 1 amide bonds. The molecule has 0 bridgehead atoms. The van der Waals surface area contributed by atoms with Crippen LogP contribution in [0.3, 0.4) is 0 Å². The Kier molecular flexibility index (Phi) is 6.73. The third-order valence-electron chi connectivity index (χ3n) is 5.53. The normalized spacial score (nSPS) is 10.9. The Morgan fingerprint density at radius 1 is 1.09 bits per heavy atom. The van der Waals surface area contributed by atoms with E-state index in [2.05, 4.69) is 61.4 Å². The van der Waals surface area contributed by atoms with Crippen LogP contribution in [0, 0.1) is 0 Å². The molecule has 162 valence electrons. The van der Waals surface area contributed by atoms with Crippen LogP contribution < -0.4 is 5.73 Å². The van der Waals surface area contributed by atoms with Crippen molar-refractivity contribution >= 4 is 41.1 Å². The van der Waals surface area contributed by atoms with Crippen LogP contribution in [0.1, 0.15) is 35.1 Å². The van der Waals surface area contributed by atoms with Crippen LogP contribution in [0.25, 0.3) is 28.2 Å². The standard InChI is InChI=1S/C23H22N8O.Na.H/c1-2-5-17-13-30-14-25-20(21(24)32)23(30)31(17)12-15-8-10-16(11-9-15)18-6-3-4-7-19(18)22-26-28-29-27-22;;/h3-4,6-11,13-14H,2,5,12H2,1H3,(H2,24,32)(H,26,27,28,29);;. The third kappa shape index (κ3) is 4.35. The number of primary amides is 1. The number of hydrogen-bond donors (Lipinski definition) is 2. The van der Waals surface area contributed by atoms with Gasteiger partial charge in [-0.3, -0.25) is 9.20 Å². The van der Waals surface area contributed by atoms with Gasteiger partial charge in [-0.05, 0) is 33.5 Å². The Hall–Kier alpha value is -3.27. The predicted molar refractivity (Wildman–Crippen MR) is 127 cm³/mol. The Bertz CT molecular complexity index is 1390. The summed E-state index contributed by atoms with van der Waals surface area (Å²) in [6, 6.07) is 16.4. The van der Waals surface area contributed by atoms with Gasteiger partial charge in [0.15, 0.2) is 17.2 Å². The van der Waals surface area contributed by atoms with E-state index in [0.717, 1.165) is 46.4 Å². The summed E-state index contributed by atoms with van der Waals surface area (Å²) in [5.74, 6) is 0.104. The van der Waals surface area contributed by atoms with E-state index in [-0.39, 0.29) is 29.6 Å². The number of rotatable bonds is 7. The van der Waals surface area contributed by atoms with Crippen LogP contribution in [0.5, 0.6) is 0 Å². The number of carbonyl (C=O) groups is 1. The fourth-order valence-corrected chi connectivity index (χ4v) is 4.08. The van der Waals surface area contributed by atoms with Crippen LogP contribution in [-0.2, 0) is 13.0 Å². The summed E-state index contributed by atoms with van der Waals surface area (Å²) in [5.41, 5.74) is 11.9. The maximum atomic E-state index is 11.9. The zero-order valence-electron chi connectivity index (χ0n) is 17.6. The molecule has 2 aromatic carbocycles. The molecule has 3 aromatic heterocycles. The number of aryl methyl sites for hydroxylation is 1. The summed E-state index contributed by atoms with van der Waals surface area (Å²) in [7, 11) is 0. The van der Waals surface area contributed by atoms with E-state index < -0.39 is 5.91 Å². The van der Waals surface area contributed by atoms with E-state index in [4.69, 9.17) is 5.73 Å². The molecule has 0 unspecified atom stereocenters. The summed E-state index contributed by atoms with van der Waals surface area (Å²) in [6.07, 6.45) is 5.56. The second kappa shape index (κ2) is 9.70. The number of H-pyrrole nitrogens is 1. The van der Waals surface area contributed by atoms with Gasteiger partial charge in [-0.2, -0.15) is 0 Å². The van der Waals surface area contributed by atoms with Crippen LogP contribution in [0.4, 0.5) is 0 Å². The SMILES string of the molecule is CCCc1cn2cnc(C(N)=O)c2n1Cc1ccc(-c2ccccc2-c2nnn[nH]2)cc1.[NaH]. The zero-order chi connectivity index (χ0) is 22.1. The summed E-state index contributed by atoms with van der Waals surface area (Å²) in [5, 5.41) is 14.3. The Balaban J connectivity index is 0.00000259. The van der Waals surface area contributed by atoms with E-state index in [9.17, 15) is 4.79 Å². The van der Waals surface area contributed by atoms with Gasteiger partial charge < -0.3 is 10.3 Å². The van der Waals surface area contributed by atoms with Gasteiger partial charge in [0.1, 0.15) is 6.33 Å². The molecule has 5 aromatic rings. The first-order chi connectivity index (χ1) is 15.7. The predicted octanol–water partition coefficient (Wildman–Crippen LogP) is 2.43. The number of amides is 1. The van der Waals surface area contributed by atoms with Crippen molar-refractivity contribution < 1.29 is 4.79 Å². The van der Waals surface area contributed by atoms with Crippen molar-refractivity contribution in [1.82, 2.24) is 34.6 Å².